The van der Waals surface area contributed by atoms with E-state index in [1.165, 1.54) is 5.56 Å². The van der Waals surface area contributed by atoms with Gasteiger partial charge in [-0.25, -0.2) is 0 Å². The molecule has 1 fully saturated rings. The summed E-state index contributed by atoms with van der Waals surface area (Å²) in [6, 6.07) is 15.8. The first-order chi connectivity index (χ1) is 12.6. The van der Waals surface area contributed by atoms with Crippen LogP contribution in [0.25, 0.3) is 0 Å². The highest BCUT2D eigenvalue weighted by Gasteiger charge is 2.20. The Kier molecular flexibility index (Phi) is 5.71. The molecule has 0 saturated carbocycles. The molecule has 0 spiro atoms. The highest BCUT2D eigenvalue weighted by molar-refractivity contribution is 5.94. The van der Waals surface area contributed by atoms with E-state index >= 15 is 0 Å². The molecule has 0 aliphatic carbocycles. The zero-order valence-electron chi connectivity index (χ0n) is 15.5. The van der Waals surface area contributed by atoms with Crippen molar-refractivity contribution < 1.29 is 9.59 Å². The second-order valence-electron chi connectivity index (χ2n) is 6.96. The Balaban J connectivity index is 1.69. The van der Waals surface area contributed by atoms with E-state index < -0.39 is 0 Å². The lowest BCUT2D eigenvalue weighted by atomic mass is 10.0. The minimum Gasteiger partial charge on any atom is -0.345 e. The highest BCUT2D eigenvalue weighted by atomic mass is 16.2. The molecule has 1 heterocycles. The van der Waals surface area contributed by atoms with Gasteiger partial charge in [-0.05, 0) is 43.0 Å². The maximum atomic E-state index is 12.7. The molecular weight excluding hydrogens is 324 g/mol. The Morgan fingerprint density at radius 1 is 1.19 bits per heavy atom. The first-order valence-corrected chi connectivity index (χ1v) is 9.31. The average Bonchev–Trinajstić information content (AvgIpc) is 3.05. The monoisotopic (exact) mass is 350 g/mol. The van der Waals surface area contributed by atoms with Crippen molar-refractivity contribution in [2.45, 2.75) is 45.7 Å². The van der Waals surface area contributed by atoms with Crippen LogP contribution < -0.4 is 5.32 Å². The van der Waals surface area contributed by atoms with Gasteiger partial charge in [-0.3, -0.25) is 9.59 Å². The number of amides is 2. The summed E-state index contributed by atoms with van der Waals surface area (Å²) in [7, 11) is 0. The SMILES string of the molecule is CC[C@H](NC(=O)c1cccc(CN2CCCC2=O)c1)c1ccc(C)cc1. The van der Waals surface area contributed by atoms with E-state index in [0.717, 1.165) is 30.5 Å². The third-order valence-corrected chi connectivity index (χ3v) is 4.93. The fraction of sp³-hybridized carbons (Fsp3) is 0.364. The van der Waals surface area contributed by atoms with Crippen molar-refractivity contribution >= 4 is 11.8 Å². The lowest BCUT2D eigenvalue weighted by molar-refractivity contribution is -0.128. The number of aryl methyl sites for hydroxylation is 1. The molecule has 0 radical (unpaired) electrons. The number of carbonyl (C=O) groups excluding carboxylic acids is 2. The third-order valence-electron chi connectivity index (χ3n) is 4.93. The second-order valence-corrected chi connectivity index (χ2v) is 6.96. The molecular formula is C22H26N2O2. The minimum atomic E-state index is -0.0768. The summed E-state index contributed by atoms with van der Waals surface area (Å²) in [4.78, 5) is 26.4. The van der Waals surface area contributed by atoms with E-state index in [4.69, 9.17) is 0 Å². The predicted molar refractivity (Wildman–Crippen MR) is 103 cm³/mol. The lowest BCUT2D eigenvalue weighted by Gasteiger charge is -2.19. The fourth-order valence-electron chi connectivity index (χ4n) is 3.36. The molecule has 0 unspecified atom stereocenters. The van der Waals surface area contributed by atoms with Gasteiger partial charge in [0, 0.05) is 25.1 Å². The van der Waals surface area contributed by atoms with Crippen molar-refractivity contribution in [3.05, 3.63) is 70.8 Å². The molecule has 2 amide bonds. The number of hydrogen-bond donors (Lipinski definition) is 1. The molecule has 26 heavy (non-hydrogen) atoms. The number of benzene rings is 2. The van der Waals surface area contributed by atoms with E-state index in [1.807, 2.05) is 29.2 Å². The Hall–Kier alpha value is -2.62. The van der Waals surface area contributed by atoms with Crippen LogP contribution in [0.4, 0.5) is 0 Å². The standard InChI is InChI=1S/C22H26N2O2/c1-3-20(18-11-9-16(2)10-12-18)23-22(26)19-7-4-6-17(14-19)15-24-13-5-8-21(24)25/h4,6-7,9-12,14,20H,3,5,8,13,15H2,1-2H3,(H,23,26)/t20-/m0/s1. The first kappa shape index (κ1) is 18.2. The topological polar surface area (TPSA) is 49.4 Å². The minimum absolute atomic E-state index is 0.00749. The summed E-state index contributed by atoms with van der Waals surface area (Å²) >= 11 is 0. The summed E-state index contributed by atoms with van der Waals surface area (Å²) in [6.45, 7) is 5.51. The molecule has 136 valence electrons. The van der Waals surface area contributed by atoms with Crippen LogP contribution in [0, 0.1) is 6.92 Å². The van der Waals surface area contributed by atoms with Crippen LogP contribution >= 0.6 is 0 Å². The van der Waals surface area contributed by atoms with Crippen LogP contribution in [0.15, 0.2) is 48.5 Å². The number of likely N-dealkylation sites (tertiary alicyclic amines) is 1. The third kappa shape index (κ3) is 4.31. The highest BCUT2D eigenvalue weighted by Crippen LogP contribution is 2.19. The van der Waals surface area contributed by atoms with Crippen molar-refractivity contribution in [1.29, 1.82) is 0 Å². The van der Waals surface area contributed by atoms with Crippen molar-refractivity contribution in [1.82, 2.24) is 10.2 Å². The largest absolute Gasteiger partial charge is 0.345 e. The molecule has 1 aliphatic heterocycles. The number of rotatable bonds is 6. The van der Waals surface area contributed by atoms with Crippen molar-refractivity contribution in [3.8, 4) is 0 Å². The van der Waals surface area contributed by atoms with Gasteiger partial charge in [0.1, 0.15) is 0 Å². The van der Waals surface area contributed by atoms with Gasteiger partial charge in [0.05, 0.1) is 6.04 Å². The van der Waals surface area contributed by atoms with Gasteiger partial charge in [-0.15, -0.1) is 0 Å². The van der Waals surface area contributed by atoms with Crippen molar-refractivity contribution in [2.24, 2.45) is 0 Å². The van der Waals surface area contributed by atoms with E-state index in [9.17, 15) is 9.59 Å². The van der Waals surface area contributed by atoms with E-state index in [1.54, 1.807) is 0 Å². The molecule has 0 bridgehead atoms. The summed E-state index contributed by atoms with van der Waals surface area (Å²) in [6.07, 6.45) is 2.39. The predicted octanol–water partition coefficient (Wildman–Crippen LogP) is 4.00. The maximum Gasteiger partial charge on any atom is 0.251 e. The molecule has 1 atom stereocenters. The smallest absolute Gasteiger partial charge is 0.251 e. The molecule has 1 saturated heterocycles. The second kappa shape index (κ2) is 8.17. The van der Waals surface area contributed by atoms with E-state index in [0.29, 0.717) is 18.5 Å². The van der Waals surface area contributed by atoms with Gasteiger partial charge in [0.2, 0.25) is 5.91 Å². The average molecular weight is 350 g/mol. The van der Waals surface area contributed by atoms with Crippen LogP contribution in [-0.2, 0) is 11.3 Å². The summed E-state index contributed by atoms with van der Waals surface area (Å²) in [5, 5.41) is 3.13. The molecule has 2 aromatic carbocycles. The zero-order chi connectivity index (χ0) is 18.5. The quantitative estimate of drug-likeness (QED) is 0.856. The van der Waals surface area contributed by atoms with Gasteiger partial charge < -0.3 is 10.2 Å². The van der Waals surface area contributed by atoms with E-state index in [-0.39, 0.29) is 17.9 Å². The Labute approximate surface area is 155 Å². The Bertz CT molecular complexity index is 783. The molecule has 4 nitrogen and oxygen atoms in total. The van der Waals surface area contributed by atoms with Gasteiger partial charge in [-0.2, -0.15) is 0 Å². The lowest BCUT2D eigenvalue weighted by Crippen LogP contribution is -2.28. The number of carbonyl (C=O) groups is 2. The van der Waals surface area contributed by atoms with Crippen LogP contribution in [0.3, 0.4) is 0 Å². The Morgan fingerprint density at radius 3 is 2.62 bits per heavy atom. The van der Waals surface area contributed by atoms with Crippen molar-refractivity contribution in [2.75, 3.05) is 6.54 Å². The molecule has 0 aromatic heterocycles. The summed E-state index contributed by atoms with van der Waals surface area (Å²) in [5.41, 5.74) is 3.96. The molecule has 3 rings (SSSR count). The van der Waals surface area contributed by atoms with Gasteiger partial charge >= 0.3 is 0 Å². The van der Waals surface area contributed by atoms with E-state index in [2.05, 4.69) is 43.4 Å². The van der Waals surface area contributed by atoms with Crippen molar-refractivity contribution in [3.63, 3.8) is 0 Å². The number of hydrogen-bond acceptors (Lipinski definition) is 2. The van der Waals surface area contributed by atoms with Gasteiger partial charge in [-0.1, -0.05) is 48.9 Å². The number of nitrogens with one attached hydrogen (secondary N) is 1. The summed E-state index contributed by atoms with van der Waals surface area (Å²) in [5.74, 6) is 0.122. The Morgan fingerprint density at radius 2 is 1.96 bits per heavy atom. The maximum absolute atomic E-state index is 12.7. The van der Waals surface area contributed by atoms with Crippen LogP contribution in [0.5, 0.6) is 0 Å². The molecule has 2 aromatic rings. The van der Waals surface area contributed by atoms with Crippen LogP contribution in [-0.4, -0.2) is 23.3 Å². The first-order valence-electron chi connectivity index (χ1n) is 9.31. The molecule has 4 heteroatoms. The zero-order valence-corrected chi connectivity index (χ0v) is 15.5. The van der Waals surface area contributed by atoms with Gasteiger partial charge in [0.25, 0.3) is 5.91 Å². The number of nitrogens with zero attached hydrogens (tertiary/aromatic N) is 1. The van der Waals surface area contributed by atoms with Crippen LogP contribution in [0.2, 0.25) is 0 Å². The summed E-state index contributed by atoms with van der Waals surface area (Å²) < 4.78 is 0. The fourth-order valence-corrected chi connectivity index (χ4v) is 3.36. The van der Waals surface area contributed by atoms with Crippen LogP contribution in [0.1, 0.15) is 59.3 Å². The molecule has 1 aliphatic rings. The molecule has 1 N–H and O–H groups in total. The van der Waals surface area contributed by atoms with Gasteiger partial charge in [0.15, 0.2) is 0 Å². The normalized spacial score (nSPS) is 15.2.